The summed E-state index contributed by atoms with van der Waals surface area (Å²) in [6.45, 7) is 9.95. The van der Waals surface area contributed by atoms with Crippen LogP contribution in [-0.2, 0) is 38.1 Å². The Morgan fingerprint density at radius 2 is 1.40 bits per heavy atom. The van der Waals surface area contributed by atoms with E-state index < -0.39 is 0 Å². The highest BCUT2D eigenvalue weighted by Crippen LogP contribution is 2.69. The van der Waals surface area contributed by atoms with E-state index in [2.05, 4.69) is 20.8 Å². The summed E-state index contributed by atoms with van der Waals surface area (Å²) in [6, 6.07) is 0. The van der Waals surface area contributed by atoms with Crippen LogP contribution < -0.4 is 17.2 Å². The van der Waals surface area contributed by atoms with E-state index in [1.54, 1.807) is 0 Å². The standard InChI is InChI=1S/C36H61N3O8/c1-5-18-44-30(40)9-6-22(2)25-7-8-26-34-27(21-29(36(25,26)4)47-33(43)13-17-39)35(3)14-10-24(45-31(41)11-15-37)19-23(35)20-28(34)46-32(42)12-16-38/h22-29,34H,5-21,37-39H2,1-4H3/t22-,23+,24-,25?,26+,27?,28-,29+,34+,35+,36-/m1/s1. The molecule has 0 aromatic rings. The van der Waals surface area contributed by atoms with E-state index in [1.807, 2.05) is 6.92 Å². The van der Waals surface area contributed by atoms with Crippen molar-refractivity contribution in [1.29, 1.82) is 0 Å². The summed E-state index contributed by atoms with van der Waals surface area (Å²) in [5.74, 6) is -0.0309. The second-order valence-corrected chi connectivity index (χ2v) is 15.3. The van der Waals surface area contributed by atoms with Crippen molar-refractivity contribution in [3.8, 4) is 0 Å². The number of fused-ring (bicyclic) bond motifs is 5. The number of nitrogens with two attached hydrogens (primary N) is 3. The topological polar surface area (TPSA) is 183 Å². The molecule has 2 unspecified atom stereocenters. The molecule has 4 fully saturated rings. The fraction of sp³-hybridized carbons (Fsp3) is 0.889. The molecule has 0 bridgehead atoms. The van der Waals surface area contributed by atoms with Gasteiger partial charge in [0.15, 0.2) is 0 Å². The predicted octanol–water partition coefficient (Wildman–Crippen LogP) is 4.02. The van der Waals surface area contributed by atoms with Crippen LogP contribution in [0, 0.1) is 46.3 Å². The molecule has 11 atom stereocenters. The molecule has 11 nitrogen and oxygen atoms in total. The average molecular weight is 664 g/mol. The van der Waals surface area contributed by atoms with Crippen molar-refractivity contribution >= 4 is 23.9 Å². The Morgan fingerprint density at radius 1 is 0.766 bits per heavy atom. The van der Waals surface area contributed by atoms with E-state index in [1.165, 1.54) is 0 Å². The third-order valence-corrected chi connectivity index (χ3v) is 12.6. The molecule has 0 radical (unpaired) electrons. The van der Waals surface area contributed by atoms with Crippen molar-refractivity contribution in [3.05, 3.63) is 0 Å². The van der Waals surface area contributed by atoms with Gasteiger partial charge < -0.3 is 36.1 Å². The fourth-order valence-corrected chi connectivity index (χ4v) is 10.3. The molecule has 4 rings (SSSR count). The van der Waals surface area contributed by atoms with Crippen molar-refractivity contribution in [3.63, 3.8) is 0 Å². The molecule has 0 aliphatic heterocycles. The second kappa shape index (κ2) is 16.4. The highest BCUT2D eigenvalue weighted by atomic mass is 16.6. The Kier molecular flexibility index (Phi) is 13.1. The zero-order valence-electron chi connectivity index (χ0n) is 29.2. The van der Waals surface area contributed by atoms with Gasteiger partial charge in [0.1, 0.15) is 18.3 Å². The molecule has 0 heterocycles. The Hall–Kier alpha value is -2.24. The lowest BCUT2D eigenvalue weighted by Crippen LogP contribution is -2.63. The summed E-state index contributed by atoms with van der Waals surface area (Å²) in [6.07, 6.45) is 7.11. The van der Waals surface area contributed by atoms with Crippen molar-refractivity contribution < 1.29 is 38.1 Å². The number of esters is 4. The molecular formula is C36H61N3O8. The molecule has 6 N–H and O–H groups in total. The number of hydrogen-bond donors (Lipinski definition) is 3. The van der Waals surface area contributed by atoms with Gasteiger partial charge in [0.2, 0.25) is 0 Å². The lowest BCUT2D eigenvalue weighted by Gasteiger charge is -2.64. The average Bonchev–Trinajstić information content (AvgIpc) is 3.38. The highest BCUT2D eigenvalue weighted by molar-refractivity contribution is 5.71. The number of rotatable bonds is 15. The molecule has 0 aromatic heterocycles. The van der Waals surface area contributed by atoms with Crippen LogP contribution in [0.2, 0.25) is 0 Å². The Labute approximate surface area is 281 Å². The van der Waals surface area contributed by atoms with Gasteiger partial charge in [0.05, 0.1) is 25.9 Å². The molecule has 47 heavy (non-hydrogen) atoms. The van der Waals surface area contributed by atoms with Gasteiger partial charge in [-0.2, -0.15) is 0 Å². The van der Waals surface area contributed by atoms with Crippen LogP contribution in [0.5, 0.6) is 0 Å². The maximum atomic E-state index is 13.1. The Bertz CT molecular complexity index is 1100. The number of hydrogen-bond acceptors (Lipinski definition) is 11. The van der Waals surface area contributed by atoms with Crippen LogP contribution in [0.15, 0.2) is 0 Å². The zero-order chi connectivity index (χ0) is 34.4. The van der Waals surface area contributed by atoms with Crippen LogP contribution in [0.1, 0.15) is 111 Å². The van der Waals surface area contributed by atoms with Gasteiger partial charge in [-0.15, -0.1) is 0 Å². The minimum absolute atomic E-state index is 0.0931. The summed E-state index contributed by atoms with van der Waals surface area (Å²) in [4.78, 5) is 51.0. The largest absolute Gasteiger partial charge is 0.466 e. The fourth-order valence-electron chi connectivity index (χ4n) is 10.3. The van der Waals surface area contributed by atoms with Crippen molar-refractivity contribution in [2.75, 3.05) is 26.2 Å². The van der Waals surface area contributed by atoms with Crippen molar-refractivity contribution in [1.82, 2.24) is 0 Å². The molecule has 0 spiro atoms. The van der Waals surface area contributed by atoms with Gasteiger partial charge >= 0.3 is 23.9 Å². The third-order valence-electron chi connectivity index (χ3n) is 12.6. The summed E-state index contributed by atoms with van der Waals surface area (Å²) < 4.78 is 24.0. The maximum absolute atomic E-state index is 13.1. The first kappa shape index (κ1) is 37.6. The summed E-state index contributed by atoms with van der Waals surface area (Å²) in [7, 11) is 0. The first-order valence-electron chi connectivity index (χ1n) is 18.3. The van der Waals surface area contributed by atoms with Crippen LogP contribution in [0.25, 0.3) is 0 Å². The highest BCUT2D eigenvalue weighted by Gasteiger charge is 2.67. The molecule has 0 aromatic carbocycles. The molecule has 11 heteroatoms. The van der Waals surface area contributed by atoms with Gasteiger partial charge in [-0.25, -0.2) is 0 Å². The van der Waals surface area contributed by atoms with Crippen molar-refractivity contribution in [2.24, 2.45) is 63.5 Å². The van der Waals surface area contributed by atoms with Crippen LogP contribution in [0.4, 0.5) is 0 Å². The number of carbonyl (C=O) groups excluding carboxylic acids is 4. The van der Waals surface area contributed by atoms with E-state index in [9.17, 15) is 19.2 Å². The molecule has 4 aliphatic rings. The molecule has 268 valence electrons. The summed E-state index contributed by atoms with van der Waals surface area (Å²) in [5.41, 5.74) is 16.7. The lowest BCUT2D eigenvalue weighted by atomic mass is 9.43. The van der Waals surface area contributed by atoms with Gasteiger partial charge in [0, 0.05) is 37.4 Å². The first-order chi connectivity index (χ1) is 22.4. The number of carbonyl (C=O) groups is 4. The monoisotopic (exact) mass is 663 g/mol. The van der Waals surface area contributed by atoms with E-state index >= 15 is 0 Å². The molecule has 4 saturated carbocycles. The van der Waals surface area contributed by atoms with E-state index in [-0.39, 0.29) is 127 Å². The SMILES string of the molecule is CCCOC(=O)CC[C@@H](C)C1CC[C@H]2[C@H]3C(C[C@H](OC(=O)CCN)[C@]12C)[C@@]1(C)CC[C@@H](OC(=O)CCN)C[C@H]1C[C@H]3OC(=O)CCN. The third kappa shape index (κ3) is 8.15. The molecule has 0 amide bonds. The smallest absolute Gasteiger partial charge is 0.307 e. The Morgan fingerprint density at radius 3 is 2.04 bits per heavy atom. The van der Waals surface area contributed by atoms with E-state index in [0.29, 0.717) is 38.7 Å². The lowest BCUT2D eigenvalue weighted by molar-refractivity contribution is -0.225. The van der Waals surface area contributed by atoms with Gasteiger partial charge in [-0.05, 0) is 92.8 Å². The van der Waals surface area contributed by atoms with E-state index in [0.717, 1.165) is 32.1 Å². The summed E-state index contributed by atoms with van der Waals surface area (Å²) in [5, 5.41) is 0. The molecule has 4 aliphatic carbocycles. The normalized spacial score (nSPS) is 36.7. The first-order valence-corrected chi connectivity index (χ1v) is 18.3. The van der Waals surface area contributed by atoms with Gasteiger partial charge in [-0.1, -0.05) is 27.7 Å². The number of ether oxygens (including phenoxy) is 4. The second-order valence-electron chi connectivity index (χ2n) is 15.3. The molecular weight excluding hydrogens is 602 g/mol. The van der Waals surface area contributed by atoms with Crippen LogP contribution in [-0.4, -0.2) is 68.4 Å². The van der Waals surface area contributed by atoms with Crippen LogP contribution >= 0.6 is 0 Å². The predicted molar refractivity (Wildman–Crippen MR) is 176 cm³/mol. The zero-order valence-corrected chi connectivity index (χ0v) is 29.2. The Balaban J connectivity index is 1.67. The van der Waals surface area contributed by atoms with Gasteiger partial charge in [-0.3, -0.25) is 19.2 Å². The minimum Gasteiger partial charge on any atom is -0.466 e. The molecule has 0 saturated heterocycles. The minimum atomic E-state index is -0.366. The summed E-state index contributed by atoms with van der Waals surface area (Å²) >= 11 is 0. The van der Waals surface area contributed by atoms with Gasteiger partial charge in [0.25, 0.3) is 0 Å². The van der Waals surface area contributed by atoms with E-state index in [4.69, 9.17) is 36.1 Å². The maximum Gasteiger partial charge on any atom is 0.307 e. The quantitative estimate of drug-likeness (QED) is 0.170. The van der Waals surface area contributed by atoms with Crippen LogP contribution in [0.3, 0.4) is 0 Å². The van der Waals surface area contributed by atoms with Crippen molar-refractivity contribution in [2.45, 2.75) is 129 Å².